The lowest BCUT2D eigenvalue weighted by molar-refractivity contribution is -0.494. The largest absolute Gasteiger partial charge is 0.553 e. The van der Waals surface area contributed by atoms with Crippen molar-refractivity contribution in [3.05, 3.63) is 72.1 Å². The number of carbonyl (C=O) groups is 2. The number of benzene rings is 2. The zero-order chi connectivity index (χ0) is 42.0. The van der Waals surface area contributed by atoms with Gasteiger partial charge in [0.05, 0.1) is 13.2 Å². The molecule has 0 aliphatic heterocycles. The topological polar surface area (TPSA) is 149 Å². The molecular formula is C46H68N2O11. The molecule has 0 amide bonds. The lowest BCUT2D eigenvalue weighted by atomic mass is 9.98. The van der Waals surface area contributed by atoms with Crippen molar-refractivity contribution < 1.29 is 53.4 Å². The highest BCUT2D eigenvalue weighted by molar-refractivity contribution is 5.81. The lowest BCUT2D eigenvalue weighted by Crippen LogP contribution is -2.29. The van der Waals surface area contributed by atoms with Crippen molar-refractivity contribution >= 4 is 34.1 Å². The highest BCUT2D eigenvalue weighted by Gasteiger charge is 2.31. The minimum atomic E-state index is -1.52. The molecule has 2 aromatic carbocycles. The number of fused-ring (bicyclic) bond motifs is 2. The zero-order valence-electron chi connectivity index (χ0n) is 35.8. The van der Waals surface area contributed by atoms with Crippen LogP contribution in [0.4, 0.5) is 9.59 Å². The number of nitrogens with one attached hydrogen (secondary N) is 2. The van der Waals surface area contributed by atoms with E-state index in [-0.39, 0.29) is 13.2 Å². The van der Waals surface area contributed by atoms with Gasteiger partial charge in [0.15, 0.2) is 0 Å². The van der Waals surface area contributed by atoms with Crippen LogP contribution in [0.5, 0.6) is 0 Å². The van der Waals surface area contributed by atoms with Gasteiger partial charge in [-0.2, -0.15) is 19.4 Å². The summed E-state index contributed by atoms with van der Waals surface area (Å²) in [6.45, 7) is 9.56. The van der Waals surface area contributed by atoms with Gasteiger partial charge in [0, 0.05) is 48.5 Å². The predicted molar refractivity (Wildman–Crippen MR) is 226 cm³/mol. The van der Waals surface area contributed by atoms with E-state index in [1.807, 2.05) is 62.4 Å². The maximum atomic E-state index is 12.0. The molecule has 59 heavy (non-hydrogen) atoms. The van der Waals surface area contributed by atoms with Crippen LogP contribution in [0.1, 0.15) is 155 Å². The monoisotopic (exact) mass is 824 g/mol. The number of H-pyrrole nitrogens is 2. The second-order valence-corrected chi connectivity index (χ2v) is 15.7. The van der Waals surface area contributed by atoms with Crippen LogP contribution in [-0.2, 0) is 55.0 Å². The predicted octanol–water partition coefficient (Wildman–Crippen LogP) is 12.9. The van der Waals surface area contributed by atoms with Crippen LogP contribution in [0.3, 0.4) is 0 Å². The Kier molecular flexibility index (Phi) is 21.8. The van der Waals surface area contributed by atoms with Gasteiger partial charge in [-0.15, -0.1) is 0 Å². The van der Waals surface area contributed by atoms with Gasteiger partial charge in [0.25, 0.3) is 0 Å². The molecule has 0 saturated heterocycles. The zero-order valence-corrected chi connectivity index (χ0v) is 35.8. The molecule has 13 nitrogen and oxygen atoms in total. The maximum Gasteiger partial charge on any atom is 0.553 e. The number of rotatable bonds is 32. The van der Waals surface area contributed by atoms with Crippen LogP contribution in [-0.4, -0.2) is 48.7 Å². The van der Waals surface area contributed by atoms with E-state index in [1.165, 1.54) is 77.0 Å². The Morgan fingerprint density at radius 1 is 0.508 bits per heavy atom. The molecular weight excluding hydrogens is 757 g/mol. The summed E-state index contributed by atoms with van der Waals surface area (Å²) in [6.07, 6.45) is 16.9. The number of para-hydroxylation sites is 2. The SMILES string of the molecule is CCCCCCCCCCOC(C)(CCOOOC(=O)OC(=O)OOOCCC(C)(OCCCCCCCCCC)c1cc2ccccc2[nH]1)c1cc2ccccc2[nH]1. The first-order chi connectivity index (χ1) is 28.8. The molecule has 0 bridgehead atoms. The molecule has 0 aliphatic rings. The molecule has 0 fully saturated rings. The molecule has 328 valence electrons. The second kappa shape index (κ2) is 27.0. The van der Waals surface area contributed by atoms with Crippen molar-refractivity contribution in [1.82, 2.24) is 9.97 Å². The van der Waals surface area contributed by atoms with E-state index >= 15 is 0 Å². The van der Waals surface area contributed by atoms with E-state index in [9.17, 15) is 9.59 Å². The number of aromatic amines is 2. The van der Waals surface area contributed by atoms with Crippen LogP contribution in [0.15, 0.2) is 60.7 Å². The molecule has 4 rings (SSSR count). The first-order valence-electron chi connectivity index (χ1n) is 21.9. The van der Waals surface area contributed by atoms with Gasteiger partial charge >= 0.3 is 12.3 Å². The minimum absolute atomic E-state index is 0.00174. The number of hydrogen-bond donors (Lipinski definition) is 2. The maximum absolute atomic E-state index is 12.0. The summed E-state index contributed by atoms with van der Waals surface area (Å²) in [5.74, 6) is 0. The summed E-state index contributed by atoms with van der Waals surface area (Å²) in [4.78, 5) is 50.0. The Balaban J connectivity index is 1.13. The first-order valence-corrected chi connectivity index (χ1v) is 21.9. The van der Waals surface area contributed by atoms with E-state index in [2.05, 4.69) is 60.5 Å². The molecule has 0 spiro atoms. The number of aromatic nitrogens is 2. The lowest BCUT2D eigenvalue weighted by Gasteiger charge is -2.29. The van der Waals surface area contributed by atoms with Gasteiger partial charge in [0.2, 0.25) is 0 Å². The fourth-order valence-electron chi connectivity index (χ4n) is 7.10. The van der Waals surface area contributed by atoms with Gasteiger partial charge in [-0.1, -0.05) is 140 Å². The number of ether oxygens (including phenoxy) is 3. The van der Waals surface area contributed by atoms with E-state index in [4.69, 9.17) is 19.2 Å². The Bertz CT molecular complexity index is 1570. The second-order valence-electron chi connectivity index (χ2n) is 15.7. The molecule has 2 atom stereocenters. The van der Waals surface area contributed by atoms with Crippen LogP contribution < -0.4 is 0 Å². The van der Waals surface area contributed by atoms with Crippen molar-refractivity contribution in [2.75, 3.05) is 26.4 Å². The molecule has 0 aliphatic carbocycles. The standard InChI is InChI=1S/C46H68N2O11/c1-5-7-9-11-13-15-17-23-31-51-45(3,41-35-37-25-19-21-27-39(37)47-41)29-33-53-58-56-43(49)55-44(50)57-59-54-34-30-46(4,42-36-38-26-20-22-28-40(38)48-42)52-32-24-18-16-14-12-10-8-6-2/h19-22,25-28,35-36,47-48H,5-18,23-24,29-34H2,1-4H3. The third kappa shape index (κ3) is 17.3. The quantitative estimate of drug-likeness (QED) is 0.0159. The normalized spacial score (nSPS) is 13.7. The molecule has 2 N–H and O–H groups in total. The van der Waals surface area contributed by atoms with E-state index in [0.717, 1.165) is 58.9 Å². The molecule has 2 unspecified atom stereocenters. The van der Waals surface area contributed by atoms with Gasteiger partial charge in [0.1, 0.15) is 11.2 Å². The Morgan fingerprint density at radius 3 is 1.27 bits per heavy atom. The molecule has 0 radical (unpaired) electrons. The van der Waals surface area contributed by atoms with E-state index in [1.54, 1.807) is 0 Å². The van der Waals surface area contributed by atoms with Gasteiger partial charge < -0.3 is 24.2 Å². The van der Waals surface area contributed by atoms with Crippen molar-refractivity contribution in [3.8, 4) is 0 Å². The number of carbonyl (C=O) groups excluding carboxylic acids is 2. The molecule has 4 aromatic rings. The minimum Gasteiger partial charge on any atom is -0.369 e. The summed E-state index contributed by atoms with van der Waals surface area (Å²) in [5, 5.41) is 11.3. The van der Waals surface area contributed by atoms with Crippen LogP contribution in [0.2, 0.25) is 0 Å². The Morgan fingerprint density at radius 2 is 0.881 bits per heavy atom. The summed E-state index contributed by atoms with van der Waals surface area (Å²) >= 11 is 0. The fourth-order valence-corrected chi connectivity index (χ4v) is 7.10. The number of unbranched alkanes of at least 4 members (excludes halogenated alkanes) is 14. The number of hydrogen-bond acceptors (Lipinski definition) is 11. The molecule has 2 aromatic heterocycles. The van der Waals surface area contributed by atoms with Gasteiger partial charge in [-0.05, 0) is 71.8 Å². The van der Waals surface area contributed by atoms with Gasteiger partial charge in [-0.3, -0.25) is 0 Å². The highest BCUT2D eigenvalue weighted by Crippen LogP contribution is 2.33. The summed E-state index contributed by atoms with van der Waals surface area (Å²) in [7, 11) is 0. The third-order valence-corrected chi connectivity index (χ3v) is 10.8. The summed E-state index contributed by atoms with van der Waals surface area (Å²) in [5.41, 5.74) is 2.30. The van der Waals surface area contributed by atoms with Crippen LogP contribution in [0.25, 0.3) is 21.8 Å². The van der Waals surface area contributed by atoms with Crippen molar-refractivity contribution in [2.24, 2.45) is 0 Å². The van der Waals surface area contributed by atoms with Crippen LogP contribution >= 0.6 is 0 Å². The summed E-state index contributed by atoms with van der Waals surface area (Å²) < 4.78 is 17.2. The third-order valence-electron chi connectivity index (χ3n) is 10.8. The van der Waals surface area contributed by atoms with Crippen LogP contribution in [0, 0.1) is 0 Å². The van der Waals surface area contributed by atoms with Crippen molar-refractivity contribution in [1.29, 1.82) is 0 Å². The highest BCUT2D eigenvalue weighted by atomic mass is 17.5. The molecule has 0 saturated carbocycles. The van der Waals surface area contributed by atoms with Crippen molar-refractivity contribution in [3.63, 3.8) is 0 Å². The summed E-state index contributed by atoms with van der Waals surface area (Å²) in [6, 6.07) is 20.1. The first kappa shape index (κ1) is 47.7. The Hall–Kier alpha value is -3.98. The average Bonchev–Trinajstić information content (AvgIpc) is 3.88. The molecule has 13 heteroatoms. The Labute approximate surface area is 349 Å². The smallest absolute Gasteiger partial charge is 0.369 e. The van der Waals surface area contributed by atoms with Crippen molar-refractivity contribution in [2.45, 2.75) is 154 Å². The average molecular weight is 825 g/mol. The molecule has 2 heterocycles. The van der Waals surface area contributed by atoms with Gasteiger partial charge in [-0.25, -0.2) is 9.78 Å². The fraction of sp³-hybridized carbons (Fsp3) is 0.609. The van der Waals surface area contributed by atoms with E-state index in [0.29, 0.717) is 26.1 Å². The van der Waals surface area contributed by atoms with E-state index < -0.39 is 23.5 Å².